The van der Waals surface area contributed by atoms with E-state index in [9.17, 15) is 9.18 Å². The van der Waals surface area contributed by atoms with Crippen molar-refractivity contribution in [2.45, 2.75) is 30.4 Å². The molecule has 0 aliphatic carbocycles. The van der Waals surface area contributed by atoms with Gasteiger partial charge in [0.15, 0.2) is 11.0 Å². The van der Waals surface area contributed by atoms with E-state index in [1.165, 1.54) is 30.1 Å². The number of allylic oxidation sites excluding steroid dienone is 1. The van der Waals surface area contributed by atoms with Gasteiger partial charge < -0.3 is 9.88 Å². The smallest absolute Gasteiger partial charge is 0.253 e. The van der Waals surface area contributed by atoms with E-state index in [2.05, 4.69) is 32.6 Å². The highest BCUT2D eigenvalue weighted by molar-refractivity contribution is 8.00. The Hall–Kier alpha value is -3.17. The molecular formula is C22H22ClFN6OS. The summed E-state index contributed by atoms with van der Waals surface area (Å²) in [4.78, 5) is 12.4. The van der Waals surface area contributed by atoms with Gasteiger partial charge in [-0.05, 0) is 48.9 Å². The van der Waals surface area contributed by atoms with E-state index in [1.807, 2.05) is 16.7 Å². The van der Waals surface area contributed by atoms with Gasteiger partial charge >= 0.3 is 0 Å². The Morgan fingerprint density at radius 1 is 1.25 bits per heavy atom. The molecule has 0 bridgehead atoms. The molecule has 10 heteroatoms. The zero-order valence-electron chi connectivity index (χ0n) is 17.3. The van der Waals surface area contributed by atoms with Gasteiger partial charge in [-0.2, -0.15) is 5.10 Å². The number of hydrogen-bond donors (Lipinski definition) is 2. The SMILES string of the molecule is C=CCn1c(CNc2ccc(Cl)cc2)nnc1SC(C)C(=O)NN=Cc1ccc(F)cc1. The van der Waals surface area contributed by atoms with Crippen molar-refractivity contribution >= 4 is 41.2 Å². The molecule has 1 atom stereocenters. The molecule has 2 aromatic carbocycles. The number of hydrazone groups is 1. The van der Waals surface area contributed by atoms with Crippen LogP contribution in [0.5, 0.6) is 0 Å². The lowest BCUT2D eigenvalue weighted by molar-refractivity contribution is -0.120. The topological polar surface area (TPSA) is 84.2 Å². The second-order valence-electron chi connectivity index (χ2n) is 6.70. The largest absolute Gasteiger partial charge is 0.378 e. The summed E-state index contributed by atoms with van der Waals surface area (Å²) in [7, 11) is 0. The average molecular weight is 473 g/mol. The molecule has 32 heavy (non-hydrogen) atoms. The van der Waals surface area contributed by atoms with Crippen LogP contribution in [0.4, 0.5) is 10.1 Å². The minimum absolute atomic E-state index is 0.289. The first-order chi connectivity index (χ1) is 15.5. The van der Waals surface area contributed by atoms with Gasteiger partial charge in [0.1, 0.15) is 5.82 Å². The summed E-state index contributed by atoms with van der Waals surface area (Å²) < 4.78 is 14.8. The lowest BCUT2D eigenvalue weighted by atomic mass is 10.2. The highest BCUT2D eigenvalue weighted by Gasteiger charge is 2.19. The second-order valence-corrected chi connectivity index (χ2v) is 8.45. The molecule has 166 valence electrons. The average Bonchev–Trinajstić information content (AvgIpc) is 3.16. The second kappa shape index (κ2) is 11.4. The molecule has 0 spiro atoms. The van der Waals surface area contributed by atoms with Gasteiger partial charge in [-0.3, -0.25) is 4.79 Å². The molecule has 3 rings (SSSR count). The third-order valence-corrected chi connectivity index (χ3v) is 5.64. The van der Waals surface area contributed by atoms with Gasteiger partial charge in [-0.25, -0.2) is 9.82 Å². The molecule has 1 heterocycles. The van der Waals surface area contributed by atoms with Crippen LogP contribution in [-0.4, -0.2) is 32.1 Å². The van der Waals surface area contributed by atoms with Crippen LogP contribution in [0.2, 0.25) is 5.02 Å². The van der Waals surface area contributed by atoms with Gasteiger partial charge in [0.25, 0.3) is 5.91 Å². The van der Waals surface area contributed by atoms with Crippen molar-refractivity contribution in [3.05, 3.63) is 83.4 Å². The first kappa shape index (κ1) is 23.5. The molecule has 1 amide bonds. The Morgan fingerprint density at radius 2 is 1.97 bits per heavy atom. The van der Waals surface area contributed by atoms with Crippen molar-refractivity contribution in [1.29, 1.82) is 0 Å². The number of anilines is 1. The van der Waals surface area contributed by atoms with Crippen molar-refractivity contribution in [3.63, 3.8) is 0 Å². The maximum absolute atomic E-state index is 12.9. The predicted molar refractivity (Wildman–Crippen MR) is 126 cm³/mol. The highest BCUT2D eigenvalue weighted by atomic mass is 35.5. The monoisotopic (exact) mass is 472 g/mol. The number of nitrogens with zero attached hydrogens (tertiary/aromatic N) is 4. The first-order valence-electron chi connectivity index (χ1n) is 9.74. The van der Waals surface area contributed by atoms with Crippen LogP contribution in [-0.2, 0) is 17.9 Å². The molecule has 0 radical (unpaired) electrons. The van der Waals surface area contributed by atoms with Crippen LogP contribution in [0.25, 0.3) is 0 Å². The van der Waals surface area contributed by atoms with Gasteiger partial charge in [0, 0.05) is 17.3 Å². The number of amides is 1. The fraction of sp³-hybridized carbons (Fsp3) is 0.182. The Morgan fingerprint density at radius 3 is 2.66 bits per heavy atom. The molecule has 7 nitrogen and oxygen atoms in total. The van der Waals surface area contributed by atoms with E-state index in [-0.39, 0.29) is 11.7 Å². The standard InChI is InChI=1S/C22H22ClFN6OS/c1-3-12-30-20(14-25-19-10-6-17(23)7-11-19)27-29-22(30)32-15(2)21(31)28-26-13-16-4-8-18(24)9-5-16/h3-11,13,15,25H,1,12,14H2,2H3,(H,28,31). The van der Waals surface area contributed by atoms with Crippen LogP contribution in [0.1, 0.15) is 18.3 Å². The summed E-state index contributed by atoms with van der Waals surface area (Å²) >= 11 is 7.19. The quantitative estimate of drug-likeness (QED) is 0.196. The molecular weight excluding hydrogens is 451 g/mol. The summed E-state index contributed by atoms with van der Waals surface area (Å²) in [6.45, 7) is 6.50. The van der Waals surface area contributed by atoms with E-state index in [1.54, 1.807) is 37.3 Å². The molecule has 0 aliphatic heterocycles. The molecule has 0 saturated carbocycles. The number of halogens is 2. The number of thioether (sulfide) groups is 1. The fourth-order valence-electron chi connectivity index (χ4n) is 2.62. The molecule has 0 saturated heterocycles. The minimum atomic E-state index is -0.467. The van der Waals surface area contributed by atoms with E-state index in [4.69, 9.17) is 11.6 Å². The van der Waals surface area contributed by atoms with Crippen molar-refractivity contribution in [3.8, 4) is 0 Å². The Kier molecular flexibility index (Phi) is 8.41. The lowest BCUT2D eigenvalue weighted by Crippen LogP contribution is -2.27. The van der Waals surface area contributed by atoms with Crippen LogP contribution >= 0.6 is 23.4 Å². The minimum Gasteiger partial charge on any atom is -0.378 e. The van der Waals surface area contributed by atoms with Gasteiger partial charge in [0.05, 0.1) is 18.0 Å². The first-order valence-corrected chi connectivity index (χ1v) is 11.0. The highest BCUT2D eigenvalue weighted by Crippen LogP contribution is 2.23. The van der Waals surface area contributed by atoms with Crippen LogP contribution in [0.15, 0.2) is 71.4 Å². The molecule has 1 aromatic heterocycles. The van der Waals surface area contributed by atoms with Crippen LogP contribution in [0, 0.1) is 5.82 Å². The maximum atomic E-state index is 12.9. The molecule has 3 aromatic rings. The van der Waals surface area contributed by atoms with E-state index in [0.29, 0.717) is 34.7 Å². The van der Waals surface area contributed by atoms with Crippen molar-refractivity contribution in [2.75, 3.05) is 5.32 Å². The molecule has 0 aliphatic rings. The molecule has 1 unspecified atom stereocenters. The zero-order chi connectivity index (χ0) is 22.9. The third kappa shape index (κ3) is 6.66. The number of carbonyl (C=O) groups excluding carboxylic acids is 1. The summed E-state index contributed by atoms with van der Waals surface area (Å²) in [6, 6.07) is 13.2. The number of carbonyl (C=O) groups is 1. The van der Waals surface area contributed by atoms with Crippen molar-refractivity contribution < 1.29 is 9.18 Å². The number of benzene rings is 2. The lowest BCUT2D eigenvalue weighted by Gasteiger charge is -2.12. The van der Waals surface area contributed by atoms with Crippen molar-refractivity contribution in [2.24, 2.45) is 5.10 Å². The summed E-state index contributed by atoms with van der Waals surface area (Å²) in [5, 5.41) is 16.5. The Balaban J connectivity index is 1.59. The number of hydrogen-bond acceptors (Lipinski definition) is 6. The van der Waals surface area contributed by atoms with Crippen LogP contribution in [0.3, 0.4) is 0 Å². The predicted octanol–water partition coefficient (Wildman–Crippen LogP) is 4.50. The summed E-state index contributed by atoms with van der Waals surface area (Å²) in [5.41, 5.74) is 4.07. The van der Waals surface area contributed by atoms with Crippen molar-refractivity contribution in [1.82, 2.24) is 20.2 Å². The molecule has 0 fully saturated rings. The Labute approximate surface area is 194 Å². The van der Waals surface area contributed by atoms with Gasteiger partial charge in [-0.1, -0.05) is 41.6 Å². The van der Waals surface area contributed by atoms with E-state index < -0.39 is 5.25 Å². The Bertz CT molecular complexity index is 1080. The number of aromatic nitrogens is 3. The van der Waals surface area contributed by atoms with E-state index in [0.717, 1.165) is 5.69 Å². The maximum Gasteiger partial charge on any atom is 0.253 e. The zero-order valence-corrected chi connectivity index (χ0v) is 18.9. The number of nitrogens with one attached hydrogen (secondary N) is 2. The third-order valence-electron chi connectivity index (χ3n) is 4.31. The summed E-state index contributed by atoms with van der Waals surface area (Å²) in [6.07, 6.45) is 3.20. The van der Waals surface area contributed by atoms with Crippen LogP contribution < -0.4 is 10.7 Å². The van der Waals surface area contributed by atoms with Gasteiger partial charge in [0.2, 0.25) is 0 Å². The normalized spacial score (nSPS) is 12.0. The fourth-order valence-corrected chi connectivity index (χ4v) is 3.62. The van der Waals surface area contributed by atoms with E-state index >= 15 is 0 Å². The number of rotatable bonds is 10. The van der Waals surface area contributed by atoms with Gasteiger partial charge in [-0.15, -0.1) is 16.8 Å². The molecule has 2 N–H and O–H groups in total. The summed E-state index contributed by atoms with van der Waals surface area (Å²) in [5.74, 6) is 0.0919.